The molecular weight excluding hydrogens is 488 g/mol. The van der Waals surface area contributed by atoms with E-state index in [9.17, 15) is 19.2 Å². The van der Waals surface area contributed by atoms with E-state index in [0.717, 1.165) is 47.0 Å². The summed E-state index contributed by atoms with van der Waals surface area (Å²) in [6.45, 7) is 2.86. The first-order chi connectivity index (χ1) is 18.4. The molecule has 1 aliphatic carbocycles. The van der Waals surface area contributed by atoms with E-state index in [1.807, 2.05) is 31.2 Å². The molecule has 0 saturated heterocycles. The van der Waals surface area contributed by atoms with E-state index in [-0.39, 0.29) is 11.5 Å². The Bertz CT molecular complexity index is 1650. The number of carbonyl (C=O) groups is 2. The molecule has 38 heavy (non-hydrogen) atoms. The number of ether oxygens (including phenoxy) is 1. The predicted octanol–water partition coefficient (Wildman–Crippen LogP) is 2.68. The van der Waals surface area contributed by atoms with Gasteiger partial charge in [-0.15, -0.1) is 0 Å². The fourth-order valence-corrected chi connectivity index (χ4v) is 5.31. The molecule has 198 valence electrons. The normalized spacial score (nSPS) is 15.0. The van der Waals surface area contributed by atoms with Gasteiger partial charge in [-0.3, -0.25) is 19.0 Å². The van der Waals surface area contributed by atoms with Crippen molar-refractivity contribution >= 4 is 33.7 Å². The first-order valence-corrected chi connectivity index (χ1v) is 12.8. The summed E-state index contributed by atoms with van der Waals surface area (Å²) in [6, 6.07) is 11.0. The van der Waals surface area contributed by atoms with Crippen LogP contribution in [0.5, 0.6) is 0 Å². The maximum atomic E-state index is 13.2. The molecule has 1 unspecified atom stereocenters. The number of hydrogen-bond donors (Lipinski definition) is 4. The van der Waals surface area contributed by atoms with Gasteiger partial charge in [0.15, 0.2) is 0 Å². The topological polar surface area (TPSA) is 146 Å². The number of carbonyl (C=O) groups excluding carboxylic acids is 1. The fraction of sp³-hybridized carbons (Fsp3) is 0.357. The molecule has 4 N–H and O–H groups in total. The van der Waals surface area contributed by atoms with E-state index >= 15 is 0 Å². The largest absolute Gasteiger partial charge is 0.480 e. The van der Waals surface area contributed by atoms with Crippen LogP contribution in [0.1, 0.15) is 52.9 Å². The summed E-state index contributed by atoms with van der Waals surface area (Å²) in [5.41, 5.74) is 4.46. The molecule has 2 aromatic heterocycles. The first-order valence-electron chi connectivity index (χ1n) is 12.8. The number of aliphatic carboxylic acids is 1. The zero-order valence-corrected chi connectivity index (χ0v) is 21.1. The Hall–Kier alpha value is -4.18. The molecule has 2 aromatic carbocycles. The standard InChI is InChI=1S/C28H30N4O6/c1-2-38-11-3-10-32-27(36)21-12-16(5-8-23(21)31-28(32)37)17-4-7-19-20-13-18(26(35)29-15-25(33)34)6-9-22(20)30-24(19)14-17/h5-6,8-9,12-13,17,30H,2-4,7,10-11,14-15H2,1H3,(H,29,35)(H,31,37)(H,33,34). The molecule has 0 radical (unpaired) electrons. The molecule has 5 rings (SSSR count). The van der Waals surface area contributed by atoms with Gasteiger partial charge in [0.25, 0.3) is 11.5 Å². The van der Waals surface area contributed by atoms with Gasteiger partial charge < -0.3 is 25.1 Å². The summed E-state index contributed by atoms with van der Waals surface area (Å²) in [4.78, 5) is 55.1. The predicted molar refractivity (Wildman–Crippen MR) is 143 cm³/mol. The second-order valence-electron chi connectivity index (χ2n) is 9.60. The van der Waals surface area contributed by atoms with Crippen molar-refractivity contribution in [2.45, 2.75) is 45.1 Å². The van der Waals surface area contributed by atoms with Crippen LogP contribution < -0.4 is 16.6 Å². The van der Waals surface area contributed by atoms with Crippen molar-refractivity contribution in [3.8, 4) is 0 Å². The van der Waals surface area contributed by atoms with E-state index in [1.54, 1.807) is 12.1 Å². The third-order valence-corrected chi connectivity index (χ3v) is 7.20. The van der Waals surface area contributed by atoms with Crippen molar-refractivity contribution in [2.75, 3.05) is 19.8 Å². The van der Waals surface area contributed by atoms with Crippen LogP contribution in [0.3, 0.4) is 0 Å². The molecule has 2 heterocycles. The fourth-order valence-electron chi connectivity index (χ4n) is 5.31. The van der Waals surface area contributed by atoms with Gasteiger partial charge in [-0.05, 0) is 80.0 Å². The molecule has 0 spiro atoms. The molecule has 0 aliphatic heterocycles. The summed E-state index contributed by atoms with van der Waals surface area (Å²) >= 11 is 0. The quantitative estimate of drug-likeness (QED) is 0.251. The molecule has 1 aliphatic rings. The van der Waals surface area contributed by atoms with Crippen LogP contribution in [0.2, 0.25) is 0 Å². The monoisotopic (exact) mass is 518 g/mol. The van der Waals surface area contributed by atoms with Crippen LogP contribution in [0.4, 0.5) is 0 Å². The van der Waals surface area contributed by atoms with E-state index in [1.165, 1.54) is 4.57 Å². The molecule has 4 aromatic rings. The van der Waals surface area contributed by atoms with Crippen LogP contribution in [0.25, 0.3) is 21.8 Å². The Morgan fingerprint density at radius 1 is 1.11 bits per heavy atom. The van der Waals surface area contributed by atoms with Gasteiger partial charge in [0, 0.05) is 41.9 Å². The van der Waals surface area contributed by atoms with Gasteiger partial charge >= 0.3 is 11.7 Å². The highest BCUT2D eigenvalue weighted by molar-refractivity contribution is 6.00. The van der Waals surface area contributed by atoms with Gasteiger partial charge in [-0.2, -0.15) is 0 Å². The highest BCUT2D eigenvalue weighted by Gasteiger charge is 2.25. The van der Waals surface area contributed by atoms with Crippen LogP contribution >= 0.6 is 0 Å². The zero-order chi connectivity index (χ0) is 26.8. The number of aromatic amines is 2. The average Bonchev–Trinajstić information content (AvgIpc) is 3.28. The number of amides is 1. The van der Waals surface area contributed by atoms with Crippen LogP contribution in [-0.2, 0) is 28.9 Å². The maximum absolute atomic E-state index is 13.2. The summed E-state index contributed by atoms with van der Waals surface area (Å²) in [6.07, 6.45) is 3.00. The number of carboxylic acids is 1. The molecule has 10 nitrogen and oxygen atoms in total. The second kappa shape index (κ2) is 10.7. The zero-order valence-electron chi connectivity index (χ0n) is 21.1. The number of aryl methyl sites for hydroxylation is 1. The lowest BCUT2D eigenvalue weighted by Crippen LogP contribution is -2.35. The van der Waals surface area contributed by atoms with Crippen molar-refractivity contribution in [3.63, 3.8) is 0 Å². The van der Waals surface area contributed by atoms with Gasteiger partial charge in [0.1, 0.15) is 6.54 Å². The van der Waals surface area contributed by atoms with Crippen LogP contribution in [0, 0.1) is 0 Å². The van der Waals surface area contributed by atoms with Crippen molar-refractivity contribution < 1.29 is 19.4 Å². The number of hydrogen-bond acceptors (Lipinski definition) is 5. The number of nitrogens with one attached hydrogen (secondary N) is 3. The Balaban J connectivity index is 1.40. The molecule has 0 saturated carbocycles. The molecule has 10 heteroatoms. The third kappa shape index (κ3) is 4.99. The minimum atomic E-state index is -1.09. The number of nitrogens with zero attached hydrogens (tertiary/aromatic N) is 1. The lowest BCUT2D eigenvalue weighted by atomic mass is 9.82. The Morgan fingerprint density at radius 3 is 2.68 bits per heavy atom. The van der Waals surface area contributed by atoms with E-state index in [0.29, 0.717) is 42.6 Å². The minimum Gasteiger partial charge on any atom is -0.480 e. The minimum absolute atomic E-state index is 0.191. The summed E-state index contributed by atoms with van der Waals surface area (Å²) in [5, 5.41) is 12.7. The maximum Gasteiger partial charge on any atom is 0.328 e. The molecule has 0 bridgehead atoms. The van der Waals surface area contributed by atoms with Gasteiger partial charge in [0.2, 0.25) is 0 Å². The number of fused-ring (bicyclic) bond motifs is 4. The highest BCUT2D eigenvalue weighted by atomic mass is 16.5. The highest BCUT2D eigenvalue weighted by Crippen LogP contribution is 2.37. The Labute approximate surface area is 217 Å². The molecule has 0 fully saturated rings. The lowest BCUT2D eigenvalue weighted by molar-refractivity contribution is -0.135. The van der Waals surface area contributed by atoms with Crippen LogP contribution in [0.15, 0.2) is 46.0 Å². The first kappa shape index (κ1) is 25.5. The Morgan fingerprint density at radius 2 is 1.89 bits per heavy atom. The Kier molecular flexibility index (Phi) is 7.15. The number of rotatable bonds is 9. The SMILES string of the molecule is CCOCCCn1c(=O)[nH]c2ccc(C3CCc4c([nH]c5ccc(C(=O)NCC(=O)O)cc45)C3)cc2c1=O. The van der Waals surface area contributed by atoms with Crippen molar-refractivity contribution in [2.24, 2.45) is 0 Å². The summed E-state index contributed by atoms with van der Waals surface area (Å²) in [5.74, 6) is -1.32. The molecule has 1 amide bonds. The lowest BCUT2D eigenvalue weighted by Gasteiger charge is -2.23. The van der Waals surface area contributed by atoms with E-state index in [2.05, 4.69) is 15.3 Å². The molecule has 1 atom stereocenters. The van der Waals surface area contributed by atoms with E-state index < -0.39 is 24.1 Å². The summed E-state index contributed by atoms with van der Waals surface area (Å²) in [7, 11) is 0. The van der Waals surface area contributed by atoms with E-state index in [4.69, 9.17) is 9.84 Å². The number of aromatic nitrogens is 3. The second-order valence-corrected chi connectivity index (χ2v) is 9.60. The van der Waals surface area contributed by atoms with Gasteiger partial charge in [-0.25, -0.2) is 4.79 Å². The third-order valence-electron chi connectivity index (χ3n) is 7.20. The molecular formula is C28H30N4O6. The number of benzene rings is 2. The van der Waals surface area contributed by atoms with Crippen LogP contribution in [-0.4, -0.2) is 51.3 Å². The van der Waals surface area contributed by atoms with Gasteiger partial charge in [-0.1, -0.05) is 6.07 Å². The number of carboxylic acid groups (broad SMARTS) is 1. The average molecular weight is 519 g/mol. The van der Waals surface area contributed by atoms with Crippen molar-refractivity contribution in [3.05, 3.63) is 79.6 Å². The van der Waals surface area contributed by atoms with Crippen molar-refractivity contribution in [1.29, 1.82) is 0 Å². The smallest absolute Gasteiger partial charge is 0.328 e. The van der Waals surface area contributed by atoms with Gasteiger partial charge in [0.05, 0.1) is 10.9 Å². The summed E-state index contributed by atoms with van der Waals surface area (Å²) < 4.78 is 6.58. The van der Waals surface area contributed by atoms with Crippen molar-refractivity contribution in [1.82, 2.24) is 19.9 Å². The number of H-pyrrole nitrogens is 2.